The molecule has 7 nitrogen and oxygen atoms in total. The van der Waals surface area contributed by atoms with Gasteiger partial charge in [-0.2, -0.15) is 0 Å². The van der Waals surface area contributed by atoms with Crippen molar-refractivity contribution >= 4 is 17.3 Å². The molecule has 0 unspecified atom stereocenters. The van der Waals surface area contributed by atoms with Crippen molar-refractivity contribution < 1.29 is 19.0 Å². The van der Waals surface area contributed by atoms with Crippen molar-refractivity contribution in [3.8, 4) is 17.2 Å². The number of anilines is 2. The molecular weight excluding hydrogens is 322 g/mol. The minimum Gasteiger partial charge on any atom is -0.493 e. The second kappa shape index (κ2) is 8.23. The SMILES string of the molecule is COc1cc(Nc2cncc(C(=O)NC(C)C)c2)cc(OC)c1OC. The minimum absolute atomic E-state index is 0.0548. The maximum atomic E-state index is 12.1. The van der Waals surface area contributed by atoms with Crippen LogP contribution in [0.4, 0.5) is 11.4 Å². The topological polar surface area (TPSA) is 81.7 Å². The number of ether oxygens (including phenoxy) is 3. The van der Waals surface area contributed by atoms with Gasteiger partial charge in [-0.1, -0.05) is 0 Å². The fourth-order valence-electron chi connectivity index (χ4n) is 2.30. The molecule has 0 bridgehead atoms. The standard InChI is InChI=1S/C18H23N3O4/c1-11(2)20-18(22)12-6-14(10-19-9-12)21-13-7-15(23-3)17(25-5)16(8-13)24-4/h6-11,21H,1-5H3,(H,20,22). The monoisotopic (exact) mass is 345 g/mol. The van der Waals surface area contributed by atoms with Crippen LogP contribution in [0, 0.1) is 0 Å². The van der Waals surface area contributed by atoms with Crippen LogP contribution in [0.5, 0.6) is 17.2 Å². The molecule has 2 N–H and O–H groups in total. The fraction of sp³-hybridized carbons (Fsp3) is 0.333. The Morgan fingerprint density at radius 3 is 2.12 bits per heavy atom. The zero-order chi connectivity index (χ0) is 18.4. The Hall–Kier alpha value is -2.96. The van der Waals surface area contributed by atoms with Gasteiger partial charge in [0.1, 0.15) is 0 Å². The molecule has 134 valence electrons. The van der Waals surface area contributed by atoms with Crippen LogP contribution in [-0.4, -0.2) is 38.3 Å². The molecule has 1 aromatic heterocycles. The van der Waals surface area contributed by atoms with E-state index in [4.69, 9.17) is 14.2 Å². The van der Waals surface area contributed by atoms with E-state index >= 15 is 0 Å². The number of benzene rings is 1. The van der Waals surface area contributed by atoms with Crippen molar-refractivity contribution in [2.45, 2.75) is 19.9 Å². The van der Waals surface area contributed by atoms with Crippen LogP contribution in [0.25, 0.3) is 0 Å². The second-order valence-electron chi connectivity index (χ2n) is 5.63. The molecule has 1 amide bonds. The number of carbonyl (C=O) groups is 1. The molecule has 0 aliphatic rings. The summed E-state index contributed by atoms with van der Waals surface area (Å²) in [5, 5.41) is 6.03. The van der Waals surface area contributed by atoms with E-state index < -0.39 is 0 Å². The molecule has 0 atom stereocenters. The zero-order valence-electron chi connectivity index (χ0n) is 15.0. The number of rotatable bonds is 7. The van der Waals surface area contributed by atoms with Crippen molar-refractivity contribution in [2.24, 2.45) is 0 Å². The summed E-state index contributed by atoms with van der Waals surface area (Å²) < 4.78 is 16.0. The lowest BCUT2D eigenvalue weighted by atomic mass is 10.2. The Balaban J connectivity index is 2.29. The number of carbonyl (C=O) groups excluding carboxylic acids is 1. The number of aromatic nitrogens is 1. The summed E-state index contributed by atoms with van der Waals surface area (Å²) in [5.41, 5.74) is 1.87. The smallest absolute Gasteiger partial charge is 0.253 e. The van der Waals surface area contributed by atoms with Crippen molar-refractivity contribution in [3.05, 3.63) is 36.2 Å². The predicted molar refractivity (Wildman–Crippen MR) is 96.2 cm³/mol. The molecule has 0 aliphatic heterocycles. The van der Waals surface area contributed by atoms with Crippen LogP contribution < -0.4 is 24.8 Å². The summed E-state index contributed by atoms with van der Waals surface area (Å²) in [6, 6.07) is 5.34. The molecule has 1 heterocycles. The third-order valence-corrected chi connectivity index (χ3v) is 3.37. The van der Waals surface area contributed by atoms with E-state index in [0.29, 0.717) is 28.5 Å². The Morgan fingerprint density at radius 1 is 0.960 bits per heavy atom. The Bertz CT molecular complexity index is 722. The lowest BCUT2D eigenvalue weighted by Gasteiger charge is -2.15. The van der Waals surface area contributed by atoms with Crippen LogP contribution in [0.1, 0.15) is 24.2 Å². The van der Waals surface area contributed by atoms with Crippen molar-refractivity contribution in [1.82, 2.24) is 10.3 Å². The van der Waals surface area contributed by atoms with Crippen LogP contribution in [0.3, 0.4) is 0 Å². The minimum atomic E-state index is -0.170. The molecular formula is C18H23N3O4. The number of nitrogens with one attached hydrogen (secondary N) is 2. The second-order valence-corrected chi connectivity index (χ2v) is 5.63. The van der Waals surface area contributed by atoms with E-state index in [0.717, 1.165) is 5.69 Å². The maximum Gasteiger partial charge on any atom is 0.253 e. The van der Waals surface area contributed by atoms with Crippen molar-refractivity contribution in [3.63, 3.8) is 0 Å². The summed E-state index contributed by atoms with van der Waals surface area (Å²) in [4.78, 5) is 16.2. The van der Waals surface area contributed by atoms with Gasteiger partial charge in [-0.25, -0.2) is 0 Å². The van der Waals surface area contributed by atoms with Gasteiger partial charge in [0, 0.05) is 30.1 Å². The van der Waals surface area contributed by atoms with E-state index in [2.05, 4.69) is 15.6 Å². The molecule has 0 spiro atoms. The van der Waals surface area contributed by atoms with Gasteiger partial charge in [-0.3, -0.25) is 9.78 Å². The van der Waals surface area contributed by atoms with Crippen LogP contribution in [0.15, 0.2) is 30.6 Å². The van der Waals surface area contributed by atoms with Gasteiger partial charge in [-0.15, -0.1) is 0 Å². The van der Waals surface area contributed by atoms with Gasteiger partial charge in [0.25, 0.3) is 5.91 Å². The van der Waals surface area contributed by atoms with Gasteiger partial charge in [0.2, 0.25) is 5.75 Å². The summed E-state index contributed by atoms with van der Waals surface area (Å²) in [5.74, 6) is 1.41. The van der Waals surface area contributed by atoms with Gasteiger partial charge < -0.3 is 24.8 Å². The highest BCUT2D eigenvalue weighted by Gasteiger charge is 2.14. The van der Waals surface area contributed by atoms with Crippen LogP contribution in [0.2, 0.25) is 0 Å². The average Bonchev–Trinajstić information content (AvgIpc) is 2.60. The van der Waals surface area contributed by atoms with Gasteiger partial charge in [-0.05, 0) is 19.9 Å². The lowest BCUT2D eigenvalue weighted by molar-refractivity contribution is 0.0943. The predicted octanol–water partition coefficient (Wildman–Crippen LogP) is 2.99. The molecule has 0 radical (unpaired) electrons. The van der Waals surface area contributed by atoms with Crippen molar-refractivity contribution in [2.75, 3.05) is 26.6 Å². The molecule has 0 aliphatic carbocycles. The summed E-state index contributed by atoms with van der Waals surface area (Å²) in [6.07, 6.45) is 3.16. The number of pyridine rings is 1. The number of hydrogen-bond acceptors (Lipinski definition) is 6. The first kappa shape index (κ1) is 18.4. The molecule has 25 heavy (non-hydrogen) atoms. The van der Waals surface area contributed by atoms with E-state index in [-0.39, 0.29) is 11.9 Å². The molecule has 0 saturated heterocycles. The van der Waals surface area contributed by atoms with Crippen LogP contribution >= 0.6 is 0 Å². The molecule has 7 heteroatoms. The first-order valence-corrected chi connectivity index (χ1v) is 7.81. The highest BCUT2D eigenvalue weighted by atomic mass is 16.5. The Labute approximate surface area is 147 Å². The van der Waals surface area contributed by atoms with Gasteiger partial charge in [0.15, 0.2) is 11.5 Å². The third-order valence-electron chi connectivity index (χ3n) is 3.37. The van der Waals surface area contributed by atoms with Gasteiger partial charge >= 0.3 is 0 Å². The van der Waals surface area contributed by atoms with Crippen LogP contribution in [-0.2, 0) is 0 Å². The quantitative estimate of drug-likeness (QED) is 0.803. The first-order valence-electron chi connectivity index (χ1n) is 7.81. The number of amides is 1. The summed E-state index contributed by atoms with van der Waals surface area (Å²) in [6.45, 7) is 3.81. The number of nitrogens with zero attached hydrogens (tertiary/aromatic N) is 1. The normalized spacial score (nSPS) is 10.3. The zero-order valence-corrected chi connectivity index (χ0v) is 15.0. The molecule has 2 aromatic rings. The Kier molecular flexibility index (Phi) is 6.05. The highest BCUT2D eigenvalue weighted by molar-refractivity contribution is 5.95. The number of methoxy groups -OCH3 is 3. The average molecular weight is 345 g/mol. The fourth-order valence-corrected chi connectivity index (χ4v) is 2.30. The van der Waals surface area contributed by atoms with E-state index in [1.54, 1.807) is 45.7 Å². The molecule has 2 rings (SSSR count). The Morgan fingerprint density at radius 2 is 1.60 bits per heavy atom. The summed E-state index contributed by atoms with van der Waals surface area (Å²) >= 11 is 0. The molecule has 0 fully saturated rings. The highest BCUT2D eigenvalue weighted by Crippen LogP contribution is 2.40. The molecule has 1 aromatic carbocycles. The van der Waals surface area contributed by atoms with E-state index in [1.165, 1.54) is 6.20 Å². The van der Waals surface area contributed by atoms with Crippen molar-refractivity contribution in [1.29, 1.82) is 0 Å². The third kappa shape index (κ3) is 4.53. The molecule has 0 saturated carbocycles. The van der Waals surface area contributed by atoms with E-state index in [1.807, 2.05) is 13.8 Å². The maximum absolute atomic E-state index is 12.1. The largest absolute Gasteiger partial charge is 0.493 e. The van der Waals surface area contributed by atoms with Gasteiger partial charge in [0.05, 0.1) is 38.8 Å². The van der Waals surface area contributed by atoms with E-state index in [9.17, 15) is 4.79 Å². The summed E-state index contributed by atoms with van der Waals surface area (Å²) in [7, 11) is 4.66. The number of hydrogen-bond donors (Lipinski definition) is 2. The lowest BCUT2D eigenvalue weighted by Crippen LogP contribution is -2.30. The first-order chi connectivity index (χ1) is 12.0.